The molecule has 0 saturated heterocycles. The minimum absolute atomic E-state index is 0.254. The molecule has 0 bridgehead atoms. The van der Waals surface area contributed by atoms with Crippen molar-refractivity contribution in [2.75, 3.05) is 64.2 Å². The van der Waals surface area contributed by atoms with Crippen LogP contribution in [0.15, 0.2) is 0 Å². The van der Waals surface area contributed by atoms with Gasteiger partial charge in [-0.15, -0.1) is 0 Å². The summed E-state index contributed by atoms with van der Waals surface area (Å²) in [6.45, 7) is 9.65. The highest BCUT2D eigenvalue weighted by atomic mass is 32.1. The van der Waals surface area contributed by atoms with Crippen LogP contribution < -0.4 is 0 Å². The second kappa shape index (κ2) is 19.4. The number of rotatable bonds is 20. The molecular weight excluding hydrogens is 446 g/mol. The van der Waals surface area contributed by atoms with E-state index < -0.39 is 8.80 Å². The number of hydrogen-bond acceptors (Lipinski definition) is 10. The van der Waals surface area contributed by atoms with E-state index in [9.17, 15) is 9.59 Å². The topological polar surface area (TPSA) is 83.5 Å². The van der Waals surface area contributed by atoms with Gasteiger partial charge < -0.3 is 27.7 Å². The maximum absolute atomic E-state index is 11.8. The van der Waals surface area contributed by atoms with Crippen LogP contribution in [0.2, 0.25) is 6.04 Å². The largest absolute Gasteiger partial charge is 0.500 e. The Hall–Kier alpha value is -0.303. The van der Waals surface area contributed by atoms with Crippen LogP contribution in [0.5, 0.6) is 0 Å². The van der Waals surface area contributed by atoms with E-state index in [0.717, 1.165) is 6.42 Å². The Morgan fingerprint density at radius 1 is 0.767 bits per heavy atom. The fraction of sp³-hybridized carbons (Fsp3) is 0.895. The van der Waals surface area contributed by atoms with E-state index in [1.807, 2.05) is 20.8 Å². The first-order valence-corrected chi connectivity index (χ1v) is 13.8. The van der Waals surface area contributed by atoms with Crippen molar-refractivity contribution in [3.8, 4) is 0 Å². The summed E-state index contributed by atoms with van der Waals surface area (Å²) >= 11 is 8.07. The number of hydrogen-bond donors (Lipinski definition) is 2. The van der Waals surface area contributed by atoms with Gasteiger partial charge in [0.2, 0.25) is 0 Å². The van der Waals surface area contributed by atoms with Crippen molar-refractivity contribution in [3.05, 3.63) is 0 Å². The molecule has 0 amide bonds. The molecule has 0 N–H and O–H groups in total. The molecule has 0 radical (unpaired) electrons. The van der Waals surface area contributed by atoms with E-state index in [0.29, 0.717) is 70.2 Å². The second-order valence-electron chi connectivity index (χ2n) is 6.32. The lowest BCUT2D eigenvalue weighted by atomic mass is 10.3. The third-order valence-corrected chi connectivity index (χ3v) is 7.54. The molecule has 0 rings (SSSR count). The van der Waals surface area contributed by atoms with Crippen molar-refractivity contribution >= 4 is 46.0 Å². The van der Waals surface area contributed by atoms with Gasteiger partial charge in [0.05, 0.1) is 12.8 Å². The second-order valence-corrected chi connectivity index (χ2v) is 9.94. The SMILES string of the molecule is CCO[Si](CCCN(CCC(=O)OCCS)CCC(=O)OCCS)(OCC)OCC. The van der Waals surface area contributed by atoms with E-state index in [1.165, 1.54) is 0 Å². The molecule has 0 saturated carbocycles. The Bertz CT molecular complexity index is 420. The monoisotopic (exact) mass is 485 g/mol. The molecule has 178 valence electrons. The van der Waals surface area contributed by atoms with E-state index in [4.69, 9.17) is 22.8 Å². The number of esters is 2. The van der Waals surface area contributed by atoms with Gasteiger partial charge in [-0.25, -0.2) is 0 Å². The van der Waals surface area contributed by atoms with Gasteiger partial charge in [0.25, 0.3) is 0 Å². The molecule has 0 aliphatic carbocycles. The first kappa shape index (κ1) is 29.7. The predicted octanol–water partition coefficient (Wildman–Crippen LogP) is 2.45. The summed E-state index contributed by atoms with van der Waals surface area (Å²) in [5.41, 5.74) is 0. The zero-order valence-electron chi connectivity index (χ0n) is 18.6. The van der Waals surface area contributed by atoms with E-state index in [-0.39, 0.29) is 24.8 Å². The first-order valence-electron chi connectivity index (χ1n) is 10.6. The maximum Gasteiger partial charge on any atom is 0.500 e. The van der Waals surface area contributed by atoms with E-state index in [2.05, 4.69) is 30.2 Å². The van der Waals surface area contributed by atoms with Crippen LogP contribution in [0.25, 0.3) is 0 Å². The quantitative estimate of drug-likeness (QED) is 0.155. The maximum atomic E-state index is 11.8. The van der Waals surface area contributed by atoms with Crippen LogP contribution in [-0.4, -0.2) is 89.8 Å². The molecule has 0 aliphatic rings. The van der Waals surface area contributed by atoms with E-state index in [1.54, 1.807) is 0 Å². The van der Waals surface area contributed by atoms with Gasteiger partial charge in [-0.3, -0.25) is 9.59 Å². The van der Waals surface area contributed by atoms with Crippen LogP contribution in [0.1, 0.15) is 40.0 Å². The van der Waals surface area contributed by atoms with Gasteiger partial charge in [0.1, 0.15) is 13.2 Å². The average Bonchev–Trinajstić information content (AvgIpc) is 2.72. The molecule has 0 fully saturated rings. The molecule has 0 aromatic rings. The van der Waals surface area contributed by atoms with E-state index >= 15 is 0 Å². The molecule has 30 heavy (non-hydrogen) atoms. The van der Waals surface area contributed by atoms with Gasteiger partial charge in [0.15, 0.2) is 0 Å². The first-order chi connectivity index (χ1) is 14.5. The molecule has 0 spiro atoms. The van der Waals surface area contributed by atoms with Crippen molar-refractivity contribution in [3.63, 3.8) is 0 Å². The molecule has 0 aromatic heterocycles. The summed E-state index contributed by atoms with van der Waals surface area (Å²) in [5.74, 6) is 0.443. The standard InChI is InChI=1S/C19H39NO7S2Si/c1-4-25-30(26-5-2,27-6-3)17-7-10-20(11-8-18(21)23-13-15-28)12-9-19(22)24-14-16-29/h28-29H,4-17H2,1-3H3. The van der Waals surface area contributed by atoms with Gasteiger partial charge in [-0.1, -0.05) is 0 Å². The van der Waals surface area contributed by atoms with Crippen molar-refractivity contribution in [1.29, 1.82) is 0 Å². The number of nitrogens with zero attached hydrogens (tertiary/aromatic N) is 1. The van der Waals surface area contributed by atoms with Gasteiger partial charge in [-0.2, -0.15) is 25.3 Å². The lowest BCUT2D eigenvalue weighted by molar-refractivity contribution is -0.143. The van der Waals surface area contributed by atoms with Crippen LogP contribution >= 0.6 is 25.3 Å². The van der Waals surface area contributed by atoms with Crippen LogP contribution in [-0.2, 0) is 32.3 Å². The third-order valence-electron chi connectivity index (χ3n) is 4.02. The Balaban J connectivity index is 4.77. The lowest BCUT2D eigenvalue weighted by Gasteiger charge is -2.29. The smallest absolute Gasteiger partial charge is 0.465 e. The molecule has 0 aromatic carbocycles. The predicted molar refractivity (Wildman–Crippen MR) is 125 cm³/mol. The summed E-state index contributed by atoms with van der Waals surface area (Å²) in [6, 6.07) is 0.674. The third kappa shape index (κ3) is 14.7. The fourth-order valence-electron chi connectivity index (χ4n) is 2.82. The number of ether oxygens (including phenoxy) is 2. The van der Waals surface area contributed by atoms with Gasteiger partial charge in [-0.05, 0) is 33.7 Å². The minimum Gasteiger partial charge on any atom is -0.465 e. The Kier molecular flexibility index (Phi) is 19.2. The lowest BCUT2D eigenvalue weighted by Crippen LogP contribution is -2.46. The summed E-state index contributed by atoms with van der Waals surface area (Å²) < 4.78 is 27.8. The van der Waals surface area contributed by atoms with Crippen LogP contribution in [0.4, 0.5) is 0 Å². The van der Waals surface area contributed by atoms with Crippen LogP contribution in [0.3, 0.4) is 0 Å². The summed E-state index contributed by atoms with van der Waals surface area (Å²) in [6.07, 6.45) is 1.28. The molecule has 0 atom stereocenters. The van der Waals surface area contributed by atoms with Crippen molar-refractivity contribution in [1.82, 2.24) is 4.90 Å². The molecule has 0 aliphatic heterocycles. The van der Waals surface area contributed by atoms with Crippen molar-refractivity contribution < 1.29 is 32.3 Å². The zero-order chi connectivity index (χ0) is 22.7. The Morgan fingerprint density at radius 3 is 1.57 bits per heavy atom. The highest BCUT2D eigenvalue weighted by molar-refractivity contribution is 7.80. The number of carbonyl (C=O) groups excluding carboxylic acids is 2. The molecule has 0 unspecified atom stereocenters. The van der Waals surface area contributed by atoms with Crippen molar-refractivity contribution in [2.24, 2.45) is 0 Å². The summed E-state index contributed by atoms with van der Waals surface area (Å²) in [4.78, 5) is 25.7. The van der Waals surface area contributed by atoms with Gasteiger partial charge in [0, 0.05) is 50.5 Å². The summed E-state index contributed by atoms with van der Waals surface area (Å²) in [5, 5.41) is 0. The summed E-state index contributed by atoms with van der Waals surface area (Å²) in [7, 11) is -2.71. The Morgan fingerprint density at radius 2 is 1.20 bits per heavy atom. The molecule has 8 nitrogen and oxygen atoms in total. The van der Waals surface area contributed by atoms with Crippen LogP contribution in [0, 0.1) is 0 Å². The normalized spacial score (nSPS) is 11.7. The molecular formula is C19H39NO7S2Si. The molecule has 0 heterocycles. The molecule has 11 heteroatoms. The number of carbonyl (C=O) groups is 2. The highest BCUT2D eigenvalue weighted by Crippen LogP contribution is 2.18. The highest BCUT2D eigenvalue weighted by Gasteiger charge is 2.39. The minimum atomic E-state index is -2.71. The fourth-order valence-corrected chi connectivity index (χ4v) is 5.59. The number of thiol groups is 2. The zero-order valence-corrected chi connectivity index (χ0v) is 21.4. The van der Waals surface area contributed by atoms with Crippen molar-refractivity contribution in [2.45, 2.75) is 46.1 Å². The van der Waals surface area contributed by atoms with Gasteiger partial charge >= 0.3 is 20.7 Å². The average molecular weight is 486 g/mol. The Labute approximate surface area is 193 Å².